The van der Waals surface area contributed by atoms with E-state index < -0.39 is 11.6 Å². The van der Waals surface area contributed by atoms with Crippen molar-refractivity contribution in [3.05, 3.63) is 126 Å². The lowest BCUT2D eigenvalue weighted by atomic mass is 9.70. The van der Waals surface area contributed by atoms with Crippen LogP contribution in [0.4, 0.5) is 0 Å². The van der Waals surface area contributed by atoms with E-state index in [0.29, 0.717) is 50.8 Å². The lowest BCUT2D eigenvalue weighted by molar-refractivity contribution is -0.172. The highest BCUT2D eigenvalue weighted by atomic mass is 16.6. The largest absolute Gasteiger partial charge is 0.461 e. The van der Waals surface area contributed by atoms with Crippen LogP contribution in [0.5, 0.6) is 0 Å². The maximum absolute atomic E-state index is 11.5. The molecule has 1 amide bonds. The summed E-state index contributed by atoms with van der Waals surface area (Å²) in [5.74, 6) is -2.79. The molecular weight excluding hydrogens is 1700 g/mol. The molecule has 0 aromatic carbocycles. The summed E-state index contributed by atoms with van der Waals surface area (Å²) in [5, 5.41) is 3.09. The molecule has 5 aliphatic rings. The van der Waals surface area contributed by atoms with Crippen molar-refractivity contribution in [2.45, 2.75) is 343 Å². The second-order valence-corrected chi connectivity index (χ2v) is 42.3. The maximum Gasteiger partial charge on any atom is 0.333 e. The molecule has 1 N–H and O–H groups in total. The minimum absolute atomic E-state index is 0.0118. The van der Waals surface area contributed by atoms with Crippen molar-refractivity contribution in [1.29, 1.82) is 0 Å². The van der Waals surface area contributed by atoms with Crippen LogP contribution in [0.25, 0.3) is 0 Å². The van der Waals surface area contributed by atoms with Gasteiger partial charge in [0.15, 0.2) is 0 Å². The summed E-state index contributed by atoms with van der Waals surface area (Å²) in [5.41, 5.74) is 1.08. The average molecular weight is 1890 g/mol. The van der Waals surface area contributed by atoms with E-state index in [-0.39, 0.29) is 127 Å². The smallest absolute Gasteiger partial charge is 0.333 e. The van der Waals surface area contributed by atoms with Gasteiger partial charge in [-0.2, -0.15) is 0 Å². The van der Waals surface area contributed by atoms with E-state index >= 15 is 0 Å². The molecule has 5 aliphatic heterocycles. The molecule has 0 spiro atoms. The zero-order valence-electron chi connectivity index (χ0n) is 91.0. The summed E-state index contributed by atoms with van der Waals surface area (Å²) in [6.45, 7) is 106. The van der Waals surface area contributed by atoms with Crippen molar-refractivity contribution in [3.8, 4) is 0 Å². The quantitative estimate of drug-likeness (QED) is 0.0199. The molecule has 0 unspecified atom stereocenters. The number of ether oxygens (including phenoxy) is 9. The maximum atomic E-state index is 11.5. The standard InChI is InChI=1S/C15H27NO3.C15H25NO2.C14H26N2O.2C14H25NO2.C10H19NO2.C9H17NO2.C8H15NO2.C7H13NO2/c1-7-13(17)19-9-8-18-12-10-14(2,3)16(6)15(4,5)11-12;1-7-9-16-14(3,4)10-12(11-15(16,5)6)18-13(17)8-2;1-8-11(17)15-14(6)9-12(2,3)16(7)13(4,5)10-14;1-8-11(16)17-14(6)9-12(2,3)15(7)13(4,5)10-14;1-6-12(16)17-11-10-15-13(2,3)8-7-9-14(15,4)5;1-5-11(6-2)7-8-13-10(12)9(3)4;1-4-9(11)12-8-7-10(5-2)6-3;1-7(2)8(10)11-6-5-9(3)4;1-4-7(9)10-6-5-8(2)3/h7,12H,1,8-11H2,2-6H3;7-8,12H,1-2,9-11H2,3-6H3;8H,1,9-10H2,2-7H3,(H,15,17);8H,1,9-10H2,2-7H3;6H,1,7-11H2,2-5H3;3,5-8H2,1-2,4H3;4H,1,5-8H2,2-3H3;1,5-6H2,2-4H3;4H,1,5-6H2,2-3H3. The number of piperidine rings is 5. The number of nitrogens with one attached hydrogen (secondary N) is 1. The monoisotopic (exact) mass is 1890 g/mol. The van der Waals surface area contributed by atoms with Gasteiger partial charge in [-0.25, -0.2) is 38.4 Å². The lowest BCUT2D eigenvalue weighted by Crippen LogP contribution is -2.67. The Bertz CT molecular complexity index is 3520. The number of carbonyl (C=O) groups excluding carboxylic acids is 9. The second kappa shape index (κ2) is 62.2. The Hall–Kier alpha value is -7.77. The predicted molar refractivity (Wildman–Crippen MR) is 549 cm³/mol. The molecule has 5 saturated heterocycles. The van der Waals surface area contributed by atoms with Crippen LogP contribution in [-0.2, 0) is 85.8 Å². The SMILES string of the molecule is C=C(C)C(=O)OCCN(C)C.C=C(C)C(=O)OCCN(CC)CC.C=CC(=O)NC1(C)CC(C)(C)N(C)C(C)(C)C1.C=CC(=O)OC1(C)CC(C)(C)N(C)C(C)(C)C1.C=CC(=O)OCCN(C)C.C=CC(=O)OCCN(CC)CC.C=CC(=O)OCCN1C(C)(C)CCCC1(C)C.C=CC(=O)OCCOC1CC(C)(C)N(C)C(C)(C)C1.C=CCN1C(C)(C)CC(OC(=O)C=C)CC1(C)C. The summed E-state index contributed by atoms with van der Waals surface area (Å²) < 4.78 is 46.2. The molecule has 5 rings (SSSR count). The van der Waals surface area contributed by atoms with E-state index in [0.717, 1.165) is 123 Å². The minimum Gasteiger partial charge on any atom is -0.461 e. The number of likely N-dealkylation sites (N-methyl/N-ethyl adjacent to an activating group) is 4. The molecule has 28 nitrogen and oxygen atoms in total. The topological polar surface area (TPSA) is 278 Å². The van der Waals surface area contributed by atoms with Crippen molar-refractivity contribution in [3.63, 3.8) is 0 Å². The van der Waals surface area contributed by atoms with Crippen molar-refractivity contribution in [1.82, 2.24) is 49.4 Å². The number of hydrogen-bond donors (Lipinski definition) is 1. The van der Waals surface area contributed by atoms with E-state index in [4.69, 9.17) is 42.6 Å². The van der Waals surface area contributed by atoms with Gasteiger partial charge in [0, 0.05) is 173 Å². The Labute approximate surface area is 814 Å². The first-order chi connectivity index (χ1) is 61.3. The highest BCUT2D eigenvalue weighted by Gasteiger charge is 2.52. The van der Waals surface area contributed by atoms with Crippen LogP contribution in [-0.4, -0.2) is 338 Å². The summed E-state index contributed by atoms with van der Waals surface area (Å²) in [6, 6.07) is 0. The van der Waals surface area contributed by atoms with Crippen LogP contribution in [0.15, 0.2) is 126 Å². The Balaban J connectivity index is -0.000000715. The van der Waals surface area contributed by atoms with Gasteiger partial charge in [-0.3, -0.25) is 29.3 Å². The van der Waals surface area contributed by atoms with Gasteiger partial charge in [0.1, 0.15) is 51.3 Å². The molecule has 0 saturated carbocycles. The van der Waals surface area contributed by atoms with Crippen molar-refractivity contribution in [2.75, 3.05) is 161 Å². The summed E-state index contributed by atoms with van der Waals surface area (Å²) in [7, 11) is 14.2. The fourth-order valence-corrected chi connectivity index (χ4v) is 18.3. The third-order valence-electron chi connectivity index (χ3n) is 25.2. The first-order valence-electron chi connectivity index (χ1n) is 47.5. The van der Waals surface area contributed by atoms with Gasteiger partial charge in [-0.15, -0.1) is 6.58 Å². The summed E-state index contributed by atoms with van der Waals surface area (Å²) in [4.78, 5) is 119. The van der Waals surface area contributed by atoms with Gasteiger partial charge in [0.05, 0.1) is 12.7 Å². The number of nitrogens with zero attached hydrogens (tertiary/aromatic N) is 9. The fraction of sp³-hybridized carbons (Fsp3) is 0.726. The first-order valence-corrected chi connectivity index (χ1v) is 47.5. The molecular formula is C106H192N10O18. The number of carbonyl (C=O) groups is 9. The number of hydrogen-bond acceptors (Lipinski definition) is 27. The van der Waals surface area contributed by atoms with Crippen LogP contribution in [0.1, 0.15) is 264 Å². The number of esters is 8. The predicted octanol–water partition coefficient (Wildman–Crippen LogP) is 16.6. The fourth-order valence-electron chi connectivity index (χ4n) is 18.3. The van der Waals surface area contributed by atoms with E-state index in [2.05, 4.69) is 300 Å². The van der Waals surface area contributed by atoms with Crippen LogP contribution >= 0.6 is 0 Å². The number of rotatable bonds is 37. The van der Waals surface area contributed by atoms with Gasteiger partial charge < -0.3 is 67.5 Å². The summed E-state index contributed by atoms with van der Waals surface area (Å²) in [6.07, 6.45) is 21.5. The van der Waals surface area contributed by atoms with E-state index in [9.17, 15) is 43.2 Å². The molecule has 5 fully saturated rings. The molecule has 0 atom stereocenters. The van der Waals surface area contributed by atoms with Gasteiger partial charge in [-0.1, -0.05) is 93.0 Å². The molecule has 774 valence electrons. The van der Waals surface area contributed by atoms with Gasteiger partial charge in [-0.05, 0) is 293 Å². The highest BCUT2D eigenvalue weighted by Crippen LogP contribution is 2.46. The number of likely N-dealkylation sites (tertiary alicyclic amines) is 5. The van der Waals surface area contributed by atoms with Crippen LogP contribution in [0, 0.1) is 0 Å². The zero-order valence-corrected chi connectivity index (χ0v) is 91.0. The Morgan fingerprint density at radius 2 is 0.679 bits per heavy atom. The molecule has 0 aliphatic carbocycles. The molecule has 134 heavy (non-hydrogen) atoms. The van der Waals surface area contributed by atoms with Crippen molar-refractivity contribution >= 4 is 53.7 Å². The lowest BCUT2D eigenvalue weighted by Gasteiger charge is -2.57. The van der Waals surface area contributed by atoms with Crippen molar-refractivity contribution in [2.24, 2.45) is 0 Å². The molecule has 0 radical (unpaired) electrons. The van der Waals surface area contributed by atoms with E-state index in [1.165, 1.54) is 55.7 Å². The van der Waals surface area contributed by atoms with Gasteiger partial charge >= 0.3 is 47.8 Å². The summed E-state index contributed by atoms with van der Waals surface area (Å²) >= 11 is 0. The van der Waals surface area contributed by atoms with Crippen LogP contribution in [0.2, 0.25) is 0 Å². The zero-order chi connectivity index (χ0) is 105. The molecule has 5 heterocycles. The normalized spacial score (nSPS) is 19.4. The third kappa shape index (κ3) is 53.2. The Morgan fingerprint density at radius 1 is 0.366 bits per heavy atom. The number of amides is 1. The minimum atomic E-state index is -0.412. The first kappa shape index (κ1) is 133. The van der Waals surface area contributed by atoms with Crippen LogP contribution in [0.3, 0.4) is 0 Å². The van der Waals surface area contributed by atoms with Crippen LogP contribution < -0.4 is 5.32 Å². The average Bonchev–Trinajstić information content (AvgIpc) is 0.760. The van der Waals surface area contributed by atoms with Gasteiger partial charge in [0.25, 0.3) is 0 Å². The van der Waals surface area contributed by atoms with Crippen molar-refractivity contribution < 1.29 is 85.8 Å². The molecule has 0 aromatic rings. The Morgan fingerprint density at radius 3 is 1.01 bits per heavy atom. The van der Waals surface area contributed by atoms with E-state index in [1.807, 2.05) is 51.0 Å². The molecule has 0 aromatic heterocycles. The Kier molecular flexibility index (Phi) is 61.5. The van der Waals surface area contributed by atoms with Gasteiger partial charge in [0.2, 0.25) is 5.91 Å². The highest BCUT2D eigenvalue weighted by molar-refractivity contribution is 5.88. The molecule has 28 heteroatoms. The molecule has 0 bridgehead atoms. The van der Waals surface area contributed by atoms with E-state index in [1.54, 1.807) is 13.8 Å². The third-order valence-corrected chi connectivity index (χ3v) is 25.2. The second-order valence-electron chi connectivity index (χ2n) is 42.3.